The van der Waals surface area contributed by atoms with Gasteiger partial charge >= 0.3 is 5.97 Å². The van der Waals surface area contributed by atoms with Crippen molar-refractivity contribution in [3.05, 3.63) is 30.6 Å². The largest absolute Gasteiger partial charge is 0.480 e. The minimum atomic E-state index is -0.852. The van der Waals surface area contributed by atoms with Gasteiger partial charge in [-0.05, 0) is 30.5 Å². The molecule has 0 bridgehead atoms. The molecular formula is C14H17N3O2. The van der Waals surface area contributed by atoms with E-state index in [4.69, 9.17) is 0 Å². The molecule has 0 aliphatic carbocycles. The number of aromatic nitrogens is 2. The number of fused-ring (bicyclic) bond motifs is 1. The molecule has 0 aliphatic rings. The van der Waals surface area contributed by atoms with Crippen molar-refractivity contribution >= 4 is 22.7 Å². The zero-order valence-corrected chi connectivity index (χ0v) is 11.0. The number of nitrogens with one attached hydrogen (secondary N) is 1. The maximum Gasteiger partial charge on any atom is 0.326 e. The van der Waals surface area contributed by atoms with Crippen LogP contribution in [0.2, 0.25) is 0 Å². The summed E-state index contributed by atoms with van der Waals surface area (Å²) in [7, 11) is 0. The third kappa shape index (κ3) is 3.19. The Balaban J connectivity index is 2.31. The van der Waals surface area contributed by atoms with Gasteiger partial charge in [-0.3, -0.25) is 9.97 Å². The van der Waals surface area contributed by atoms with E-state index < -0.39 is 12.0 Å². The topological polar surface area (TPSA) is 75.1 Å². The van der Waals surface area contributed by atoms with Crippen molar-refractivity contribution in [1.82, 2.24) is 9.97 Å². The van der Waals surface area contributed by atoms with E-state index in [0.717, 1.165) is 5.52 Å². The van der Waals surface area contributed by atoms with Gasteiger partial charge in [0.2, 0.25) is 0 Å². The first-order valence-electron chi connectivity index (χ1n) is 6.27. The van der Waals surface area contributed by atoms with Gasteiger partial charge in [0.15, 0.2) is 0 Å². The van der Waals surface area contributed by atoms with E-state index in [0.29, 0.717) is 23.5 Å². The number of aliphatic carboxylic acids is 1. The average Bonchev–Trinajstić information content (AvgIpc) is 2.37. The van der Waals surface area contributed by atoms with E-state index in [1.165, 1.54) is 0 Å². The van der Waals surface area contributed by atoms with Crippen LogP contribution in [-0.4, -0.2) is 27.1 Å². The van der Waals surface area contributed by atoms with Crippen molar-refractivity contribution in [3.63, 3.8) is 0 Å². The number of nitrogens with zero attached hydrogens (tertiary/aromatic N) is 2. The lowest BCUT2D eigenvalue weighted by molar-refractivity contribution is -0.138. The van der Waals surface area contributed by atoms with Crippen molar-refractivity contribution in [2.24, 2.45) is 5.92 Å². The Bertz CT molecular complexity index is 578. The Morgan fingerprint density at radius 2 is 2.11 bits per heavy atom. The molecule has 2 N–H and O–H groups in total. The zero-order valence-electron chi connectivity index (χ0n) is 11.0. The van der Waals surface area contributed by atoms with Crippen LogP contribution in [0.4, 0.5) is 5.69 Å². The zero-order chi connectivity index (χ0) is 13.8. The molecule has 1 atom stereocenters. The number of carboxylic acid groups (broad SMARTS) is 1. The molecule has 5 heteroatoms. The quantitative estimate of drug-likeness (QED) is 0.863. The Labute approximate surface area is 111 Å². The van der Waals surface area contributed by atoms with E-state index in [1.807, 2.05) is 26.0 Å². The second kappa shape index (κ2) is 5.65. The minimum Gasteiger partial charge on any atom is -0.480 e. The summed E-state index contributed by atoms with van der Waals surface area (Å²) in [5.41, 5.74) is 2.15. The number of anilines is 1. The highest BCUT2D eigenvalue weighted by atomic mass is 16.4. The van der Waals surface area contributed by atoms with Crippen LogP contribution in [0.3, 0.4) is 0 Å². The Morgan fingerprint density at radius 3 is 2.79 bits per heavy atom. The van der Waals surface area contributed by atoms with Gasteiger partial charge < -0.3 is 10.4 Å². The molecule has 0 fully saturated rings. The highest BCUT2D eigenvalue weighted by Gasteiger charge is 2.19. The van der Waals surface area contributed by atoms with Crippen LogP contribution < -0.4 is 5.32 Å². The molecule has 0 unspecified atom stereocenters. The van der Waals surface area contributed by atoms with Gasteiger partial charge in [-0.15, -0.1) is 0 Å². The maximum atomic E-state index is 11.3. The van der Waals surface area contributed by atoms with Gasteiger partial charge in [0.05, 0.1) is 11.2 Å². The summed E-state index contributed by atoms with van der Waals surface area (Å²) in [4.78, 5) is 19.7. The SMILES string of the molecule is CC(C)C[C@H](Nc1ccnc2cccnc12)C(=O)O. The molecule has 0 amide bonds. The lowest BCUT2D eigenvalue weighted by Gasteiger charge is -2.18. The van der Waals surface area contributed by atoms with E-state index in [2.05, 4.69) is 15.3 Å². The number of pyridine rings is 2. The third-order valence-electron chi connectivity index (χ3n) is 2.83. The van der Waals surface area contributed by atoms with Gasteiger partial charge in [-0.1, -0.05) is 13.8 Å². The summed E-state index contributed by atoms with van der Waals surface area (Å²) in [6.07, 6.45) is 3.89. The van der Waals surface area contributed by atoms with Crippen LogP contribution in [0.15, 0.2) is 30.6 Å². The first kappa shape index (κ1) is 13.3. The summed E-state index contributed by atoms with van der Waals surface area (Å²) in [5, 5.41) is 12.3. The van der Waals surface area contributed by atoms with E-state index in [9.17, 15) is 9.90 Å². The molecular weight excluding hydrogens is 242 g/mol. The normalized spacial score (nSPS) is 12.6. The highest BCUT2D eigenvalue weighted by Crippen LogP contribution is 2.21. The Hall–Kier alpha value is -2.17. The highest BCUT2D eigenvalue weighted by molar-refractivity contribution is 5.89. The van der Waals surface area contributed by atoms with Crippen LogP contribution in [0.1, 0.15) is 20.3 Å². The van der Waals surface area contributed by atoms with Gasteiger partial charge in [0.1, 0.15) is 11.6 Å². The van der Waals surface area contributed by atoms with Crippen LogP contribution >= 0.6 is 0 Å². The molecule has 100 valence electrons. The van der Waals surface area contributed by atoms with Crippen molar-refractivity contribution in [2.45, 2.75) is 26.3 Å². The summed E-state index contributed by atoms with van der Waals surface area (Å²) < 4.78 is 0. The van der Waals surface area contributed by atoms with E-state index in [1.54, 1.807) is 18.5 Å². The molecule has 2 aromatic rings. The van der Waals surface area contributed by atoms with Crippen LogP contribution in [-0.2, 0) is 4.79 Å². The first-order valence-corrected chi connectivity index (χ1v) is 6.27. The number of hydrogen-bond donors (Lipinski definition) is 2. The molecule has 0 aliphatic heterocycles. The lowest BCUT2D eigenvalue weighted by Crippen LogP contribution is -2.30. The Morgan fingerprint density at radius 1 is 1.32 bits per heavy atom. The Kier molecular flexibility index (Phi) is 3.94. The predicted octanol–water partition coefficient (Wildman–Crippen LogP) is 2.54. The van der Waals surface area contributed by atoms with E-state index >= 15 is 0 Å². The van der Waals surface area contributed by atoms with Crippen molar-refractivity contribution in [2.75, 3.05) is 5.32 Å². The summed E-state index contributed by atoms with van der Waals surface area (Å²) in [6, 6.07) is 4.80. The first-order chi connectivity index (χ1) is 9.08. The second-order valence-electron chi connectivity index (χ2n) is 4.89. The fourth-order valence-electron chi connectivity index (χ4n) is 1.98. The summed E-state index contributed by atoms with van der Waals surface area (Å²) >= 11 is 0. The number of hydrogen-bond acceptors (Lipinski definition) is 4. The minimum absolute atomic E-state index is 0.301. The molecule has 5 nitrogen and oxygen atoms in total. The van der Waals surface area contributed by atoms with Crippen molar-refractivity contribution < 1.29 is 9.90 Å². The van der Waals surface area contributed by atoms with Gasteiger partial charge in [-0.25, -0.2) is 4.79 Å². The number of carbonyl (C=O) groups is 1. The number of rotatable bonds is 5. The maximum absolute atomic E-state index is 11.3. The standard InChI is InChI=1S/C14H17N3O2/c1-9(2)8-12(14(18)19)17-11-5-7-15-10-4-3-6-16-13(10)11/h3-7,9,12H,8H2,1-2H3,(H,15,17)(H,18,19)/t12-/m0/s1. The smallest absolute Gasteiger partial charge is 0.326 e. The van der Waals surface area contributed by atoms with Gasteiger partial charge in [-0.2, -0.15) is 0 Å². The van der Waals surface area contributed by atoms with Crippen molar-refractivity contribution in [1.29, 1.82) is 0 Å². The second-order valence-corrected chi connectivity index (χ2v) is 4.89. The van der Waals surface area contributed by atoms with Crippen LogP contribution in [0, 0.1) is 5.92 Å². The van der Waals surface area contributed by atoms with Crippen LogP contribution in [0.25, 0.3) is 11.0 Å². The molecule has 0 saturated carbocycles. The summed E-state index contributed by atoms with van der Waals surface area (Å²) in [6.45, 7) is 4.00. The molecule has 19 heavy (non-hydrogen) atoms. The molecule has 2 rings (SSSR count). The molecule has 0 spiro atoms. The molecule has 2 heterocycles. The molecule has 2 aromatic heterocycles. The summed E-state index contributed by atoms with van der Waals surface area (Å²) in [5.74, 6) is -0.552. The monoisotopic (exact) mass is 259 g/mol. The van der Waals surface area contributed by atoms with Gasteiger partial charge in [0, 0.05) is 12.4 Å². The molecule has 0 radical (unpaired) electrons. The lowest BCUT2D eigenvalue weighted by atomic mass is 10.0. The van der Waals surface area contributed by atoms with Gasteiger partial charge in [0.25, 0.3) is 0 Å². The molecule has 0 saturated heterocycles. The predicted molar refractivity (Wildman–Crippen MR) is 74.0 cm³/mol. The fourth-order valence-corrected chi connectivity index (χ4v) is 1.98. The average molecular weight is 259 g/mol. The van der Waals surface area contributed by atoms with E-state index in [-0.39, 0.29) is 0 Å². The molecule has 0 aromatic carbocycles. The van der Waals surface area contributed by atoms with Crippen LogP contribution in [0.5, 0.6) is 0 Å². The number of carboxylic acids is 1. The fraction of sp³-hybridized carbons (Fsp3) is 0.357. The third-order valence-corrected chi connectivity index (χ3v) is 2.83. The van der Waals surface area contributed by atoms with Crippen molar-refractivity contribution in [3.8, 4) is 0 Å².